The van der Waals surface area contributed by atoms with Crippen LogP contribution < -0.4 is 15.8 Å². The van der Waals surface area contributed by atoms with E-state index in [1.807, 2.05) is 19.2 Å². The topological polar surface area (TPSA) is 79.9 Å². The van der Waals surface area contributed by atoms with Crippen LogP contribution in [0.1, 0.15) is 11.1 Å². The Labute approximate surface area is 88.5 Å². The summed E-state index contributed by atoms with van der Waals surface area (Å²) >= 11 is 0. The van der Waals surface area contributed by atoms with Crippen LogP contribution in [0.5, 0.6) is 5.75 Å². The molecule has 82 valence electrons. The fourth-order valence-electron chi connectivity index (χ4n) is 1.32. The van der Waals surface area contributed by atoms with Gasteiger partial charge in [-0.3, -0.25) is 0 Å². The second-order valence-corrected chi connectivity index (χ2v) is 3.05. The van der Waals surface area contributed by atoms with E-state index in [2.05, 4.69) is 10.5 Å². The van der Waals surface area contributed by atoms with E-state index in [0.29, 0.717) is 11.3 Å². The SMILES string of the molecule is CNCc1ccc(OC)c(C(N)=NO)c1. The molecule has 0 aliphatic heterocycles. The molecule has 0 bridgehead atoms. The van der Waals surface area contributed by atoms with Crippen molar-refractivity contribution in [2.24, 2.45) is 10.9 Å². The zero-order chi connectivity index (χ0) is 11.3. The maximum atomic E-state index is 8.62. The third kappa shape index (κ3) is 2.60. The fourth-order valence-corrected chi connectivity index (χ4v) is 1.32. The standard InChI is InChI=1S/C10H15N3O2/c1-12-6-7-3-4-9(15-2)8(5-7)10(11)13-14/h3-5,12,14H,6H2,1-2H3,(H2,11,13). The molecule has 1 aromatic carbocycles. The number of hydrogen-bond donors (Lipinski definition) is 3. The monoisotopic (exact) mass is 209 g/mol. The van der Waals surface area contributed by atoms with Crippen LogP contribution in [-0.2, 0) is 6.54 Å². The molecule has 0 saturated heterocycles. The number of benzene rings is 1. The van der Waals surface area contributed by atoms with Crippen molar-refractivity contribution >= 4 is 5.84 Å². The largest absolute Gasteiger partial charge is 0.496 e. The molecule has 0 atom stereocenters. The molecule has 5 nitrogen and oxygen atoms in total. The van der Waals surface area contributed by atoms with E-state index >= 15 is 0 Å². The van der Waals surface area contributed by atoms with Gasteiger partial charge in [0.05, 0.1) is 12.7 Å². The van der Waals surface area contributed by atoms with Crippen LogP contribution in [0.4, 0.5) is 0 Å². The van der Waals surface area contributed by atoms with E-state index in [-0.39, 0.29) is 5.84 Å². The van der Waals surface area contributed by atoms with Gasteiger partial charge >= 0.3 is 0 Å². The van der Waals surface area contributed by atoms with Crippen molar-refractivity contribution in [1.82, 2.24) is 5.32 Å². The minimum Gasteiger partial charge on any atom is -0.496 e. The number of methoxy groups -OCH3 is 1. The summed E-state index contributed by atoms with van der Waals surface area (Å²) in [6.45, 7) is 0.718. The summed E-state index contributed by atoms with van der Waals surface area (Å²) in [6, 6.07) is 5.54. The van der Waals surface area contributed by atoms with Gasteiger partial charge in [0.2, 0.25) is 0 Å². The smallest absolute Gasteiger partial charge is 0.173 e. The molecule has 0 heterocycles. The van der Waals surface area contributed by atoms with Crippen molar-refractivity contribution in [3.05, 3.63) is 29.3 Å². The number of ether oxygens (including phenoxy) is 1. The van der Waals surface area contributed by atoms with Gasteiger partial charge in [0.1, 0.15) is 5.75 Å². The normalized spacial score (nSPS) is 11.5. The van der Waals surface area contributed by atoms with Crippen molar-refractivity contribution in [1.29, 1.82) is 0 Å². The summed E-state index contributed by atoms with van der Waals surface area (Å²) in [4.78, 5) is 0. The molecule has 0 aliphatic rings. The van der Waals surface area contributed by atoms with Crippen molar-refractivity contribution in [3.8, 4) is 5.75 Å². The number of oxime groups is 1. The highest BCUT2D eigenvalue weighted by Gasteiger charge is 2.08. The van der Waals surface area contributed by atoms with Crippen molar-refractivity contribution < 1.29 is 9.94 Å². The van der Waals surface area contributed by atoms with Crippen molar-refractivity contribution in [3.63, 3.8) is 0 Å². The summed E-state index contributed by atoms with van der Waals surface area (Å²) in [6.07, 6.45) is 0. The second-order valence-electron chi connectivity index (χ2n) is 3.05. The van der Waals surface area contributed by atoms with Crippen molar-refractivity contribution in [2.75, 3.05) is 14.2 Å². The molecule has 0 fully saturated rings. The first-order valence-corrected chi connectivity index (χ1v) is 4.52. The number of nitrogens with zero attached hydrogens (tertiary/aromatic N) is 1. The average molecular weight is 209 g/mol. The van der Waals surface area contributed by atoms with Crippen LogP contribution in [-0.4, -0.2) is 25.2 Å². The Morgan fingerprint density at radius 1 is 1.60 bits per heavy atom. The molecule has 0 radical (unpaired) electrons. The Kier molecular flexibility index (Phi) is 3.93. The minimum atomic E-state index is 0.0461. The summed E-state index contributed by atoms with van der Waals surface area (Å²) in [7, 11) is 3.40. The predicted molar refractivity (Wildman–Crippen MR) is 58.3 cm³/mol. The van der Waals surface area contributed by atoms with E-state index in [4.69, 9.17) is 15.7 Å². The van der Waals surface area contributed by atoms with Gasteiger partial charge in [-0.2, -0.15) is 0 Å². The minimum absolute atomic E-state index is 0.0461. The highest BCUT2D eigenvalue weighted by molar-refractivity contribution is 5.99. The lowest BCUT2D eigenvalue weighted by Gasteiger charge is -2.09. The second kappa shape index (κ2) is 5.21. The third-order valence-corrected chi connectivity index (χ3v) is 2.03. The van der Waals surface area contributed by atoms with Crippen LogP contribution in [0.2, 0.25) is 0 Å². The molecule has 5 heteroatoms. The zero-order valence-corrected chi connectivity index (χ0v) is 8.82. The summed E-state index contributed by atoms with van der Waals surface area (Å²) in [5.74, 6) is 0.634. The molecular formula is C10H15N3O2. The molecule has 0 spiro atoms. The summed E-state index contributed by atoms with van der Waals surface area (Å²) in [5.41, 5.74) is 7.17. The molecule has 4 N–H and O–H groups in total. The van der Waals surface area contributed by atoms with Gasteiger partial charge in [0.15, 0.2) is 5.84 Å². The average Bonchev–Trinajstić information content (AvgIpc) is 2.28. The van der Waals surface area contributed by atoms with E-state index in [1.54, 1.807) is 13.2 Å². The molecule has 1 rings (SSSR count). The number of hydrogen-bond acceptors (Lipinski definition) is 4. The Bertz CT molecular complexity index is 364. The molecular weight excluding hydrogens is 194 g/mol. The lowest BCUT2D eigenvalue weighted by atomic mass is 10.1. The van der Waals surface area contributed by atoms with Gasteiger partial charge in [-0.05, 0) is 24.7 Å². The van der Waals surface area contributed by atoms with E-state index in [1.165, 1.54) is 0 Å². The Morgan fingerprint density at radius 3 is 2.87 bits per heavy atom. The number of rotatable bonds is 4. The number of amidine groups is 1. The van der Waals surface area contributed by atoms with Gasteiger partial charge in [0.25, 0.3) is 0 Å². The Hall–Kier alpha value is -1.75. The van der Waals surface area contributed by atoms with E-state index in [9.17, 15) is 0 Å². The van der Waals surface area contributed by atoms with Crippen LogP contribution in [0.15, 0.2) is 23.4 Å². The lowest BCUT2D eigenvalue weighted by molar-refractivity contribution is 0.318. The van der Waals surface area contributed by atoms with Crippen LogP contribution >= 0.6 is 0 Å². The first-order chi connectivity index (χ1) is 7.22. The molecule has 0 aromatic heterocycles. The predicted octanol–water partition coefficient (Wildman–Crippen LogP) is 0.509. The molecule has 1 aromatic rings. The molecule has 0 amide bonds. The van der Waals surface area contributed by atoms with Crippen LogP contribution in [0.25, 0.3) is 0 Å². The zero-order valence-electron chi connectivity index (χ0n) is 8.82. The molecule has 0 aliphatic carbocycles. The summed E-state index contributed by atoms with van der Waals surface area (Å²) in [5, 5.41) is 14.6. The summed E-state index contributed by atoms with van der Waals surface area (Å²) < 4.78 is 5.11. The highest BCUT2D eigenvalue weighted by atomic mass is 16.5. The van der Waals surface area contributed by atoms with Gasteiger partial charge in [-0.15, -0.1) is 0 Å². The fraction of sp³-hybridized carbons (Fsp3) is 0.300. The van der Waals surface area contributed by atoms with E-state index < -0.39 is 0 Å². The van der Waals surface area contributed by atoms with Crippen LogP contribution in [0, 0.1) is 0 Å². The van der Waals surface area contributed by atoms with Gasteiger partial charge < -0.3 is 21.0 Å². The molecule has 0 saturated carbocycles. The first kappa shape index (κ1) is 11.3. The highest BCUT2D eigenvalue weighted by Crippen LogP contribution is 2.19. The molecule has 0 unspecified atom stereocenters. The van der Waals surface area contributed by atoms with Gasteiger partial charge in [-0.1, -0.05) is 11.2 Å². The van der Waals surface area contributed by atoms with Crippen LogP contribution in [0.3, 0.4) is 0 Å². The number of nitrogens with two attached hydrogens (primary N) is 1. The lowest BCUT2D eigenvalue weighted by Crippen LogP contribution is -2.15. The van der Waals surface area contributed by atoms with Gasteiger partial charge in [-0.25, -0.2) is 0 Å². The van der Waals surface area contributed by atoms with Gasteiger partial charge in [0, 0.05) is 6.54 Å². The van der Waals surface area contributed by atoms with Crippen molar-refractivity contribution in [2.45, 2.75) is 6.54 Å². The Morgan fingerprint density at radius 2 is 2.33 bits per heavy atom. The first-order valence-electron chi connectivity index (χ1n) is 4.52. The quantitative estimate of drug-likeness (QED) is 0.292. The maximum absolute atomic E-state index is 8.62. The number of nitrogens with one attached hydrogen (secondary N) is 1. The maximum Gasteiger partial charge on any atom is 0.173 e. The third-order valence-electron chi connectivity index (χ3n) is 2.03. The Balaban J connectivity index is 3.13. The van der Waals surface area contributed by atoms with E-state index in [0.717, 1.165) is 12.1 Å². The molecule has 15 heavy (non-hydrogen) atoms.